The molecule has 1 saturated heterocycles. The summed E-state index contributed by atoms with van der Waals surface area (Å²) >= 11 is 24.0. The highest BCUT2D eigenvalue weighted by molar-refractivity contribution is 6.54. The van der Waals surface area contributed by atoms with E-state index in [2.05, 4.69) is 0 Å². The molecule has 1 heterocycles. The van der Waals surface area contributed by atoms with Gasteiger partial charge in [0.25, 0.3) is 5.91 Å². The molecule has 0 N–H and O–H groups in total. The molecule has 0 spiro atoms. The predicted molar refractivity (Wildman–Crippen MR) is 89.8 cm³/mol. The topological polar surface area (TPSA) is 60.4 Å². The number of aromatic carboxylic acids is 1. The van der Waals surface area contributed by atoms with E-state index in [1.54, 1.807) is 4.90 Å². The number of hydrogen-bond donors (Lipinski definition) is 0. The maximum Gasteiger partial charge on any atom is 0.256 e. The summed E-state index contributed by atoms with van der Waals surface area (Å²) in [7, 11) is 0. The summed E-state index contributed by atoms with van der Waals surface area (Å²) in [5.41, 5.74) is -0.798. The first-order valence-corrected chi connectivity index (χ1v) is 8.59. The van der Waals surface area contributed by atoms with Gasteiger partial charge in [-0.2, -0.15) is 0 Å². The number of carbonyl (C=O) groups is 2. The molecule has 1 amide bonds. The third-order valence-electron chi connectivity index (χ3n) is 4.11. The van der Waals surface area contributed by atoms with Crippen molar-refractivity contribution in [2.75, 3.05) is 0 Å². The minimum absolute atomic E-state index is 0.0508. The Morgan fingerprint density at radius 2 is 1.35 bits per heavy atom. The second-order valence-corrected chi connectivity index (χ2v) is 7.15. The fraction of sp³-hybridized carbons (Fsp3) is 0.467. The summed E-state index contributed by atoms with van der Waals surface area (Å²) in [6.07, 6.45) is 2.64. The number of carboxylic acids is 1. The standard InChI is InChI=1S/C15H15Cl4NO3/c1-6-4-3-5-7(2)20(6)14(21)8-9(15(22)23)11(17)13(19)12(18)10(8)16/h6-7H,3-5H2,1-2H3,(H,22,23)/p-1/t6-,7-/m0/s1. The number of likely N-dealkylation sites (tertiary alicyclic amines) is 1. The smallest absolute Gasteiger partial charge is 0.256 e. The number of amides is 1. The number of carbonyl (C=O) groups excluding carboxylic acids is 2. The van der Waals surface area contributed by atoms with Crippen molar-refractivity contribution in [1.29, 1.82) is 0 Å². The molecule has 0 aliphatic carbocycles. The van der Waals surface area contributed by atoms with E-state index < -0.39 is 17.4 Å². The van der Waals surface area contributed by atoms with Crippen molar-refractivity contribution >= 4 is 58.3 Å². The fourth-order valence-electron chi connectivity index (χ4n) is 2.97. The van der Waals surface area contributed by atoms with Gasteiger partial charge >= 0.3 is 0 Å². The average Bonchev–Trinajstić information content (AvgIpc) is 2.47. The maximum absolute atomic E-state index is 13.0. The normalized spacial score (nSPS) is 21.4. The Kier molecular flexibility index (Phi) is 5.72. The molecule has 2 atom stereocenters. The van der Waals surface area contributed by atoms with Gasteiger partial charge < -0.3 is 14.8 Å². The van der Waals surface area contributed by atoms with Crippen LogP contribution >= 0.6 is 46.4 Å². The second kappa shape index (κ2) is 7.06. The van der Waals surface area contributed by atoms with Crippen LogP contribution in [0.25, 0.3) is 0 Å². The second-order valence-electron chi connectivity index (χ2n) is 5.63. The van der Waals surface area contributed by atoms with Gasteiger partial charge in [0.1, 0.15) is 0 Å². The van der Waals surface area contributed by atoms with Crippen LogP contribution in [-0.2, 0) is 0 Å². The van der Waals surface area contributed by atoms with Gasteiger partial charge in [-0.05, 0) is 33.1 Å². The fourth-order valence-corrected chi connectivity index (χ4v) is 3.99. The van der Waals surface area contributed by atoms with Crippen molar-refractivity contribution in [3.63, 3.8) is 0 Å². The van der Waals surface area contributed by atoms with Gasteiger partial charge in [-0.3, -0.25) is 4.79 Å². The van der Waals surface area contributed by atoms with Crippen LogP contribution in [0.5, 0.6) is 0 Å². The van der Waals surface area contributed by atoms with Crippen molar-refractivity contribution in [3.05, 3.63) is 31.2 Å². The number of carboxylic acid groups (broad SMARTS) is 1. The van der Waals surface area contributed by atoms with Crippen molar-refractivity contribution < 1.29 is 14.7 Å². The Morgan fingerprint density at radius 3 is 1.78 bits per heavy atom. The molecule has 0 bridgehead atoms. The number of piperidine rings is 1. The Bertz CT molecular complexity index is 667. The van der Waals surface area contributed by atoms with Crippen molar-refractivity contribution in [3.8, 4) is 0 Å². The molecule has 0 radical (unpaired) electrons. The van der Waals surface area contributed by atoms with E-state index in [4.69, 9.17) is 46.4 Å². The third-order valence-corrected chi connectivity index (χ3v) is 5.92. The lowest BCUT2D eigenvalue weighted by Gasteiger charge is -2.39. The summed E-state index contributed by atoms with van der Waals surface area (Å²) < 4.78 is 0. The molecule has 1 aliphatic rings. The molecule has 1 aliphatic heterocycles. The van der Waals surface area contributed by atoms with Crippen LogP contribution in [0.4, 0.5) is 0 Å². The first kappa shape index (κ1) is 18.7. The summed E-state index contributed by atoms with van der Waals surface area (Å²) in [6, 6.07) is -0.102. The number of benzene rings is 1. The largest absolute Gasteiger partial charge is 0.545 e. The SMILES string of the molecule is C[C@H]1CCC[C@H](C)N1C(=O)c1c(Cl)c(Cl)c(Cl)c(Cl)c1C(=O)[O-]. The molecule has 126 valence electrons. The van der Waals surface area contributed by atoms with E-state index >= 15 is 0 Å². The van der Waals surface area contributed by atoms with Gasteiger partial charge in [0.05, 0.1) is 31.6 Å². The van der Waals surface area contributed by atoms with Gasteiger partial charge in [0.15, 0.2) is 0 Å². The van der Waals surface area contributed by atoms with Crippen LogP contribution in [0, 0.1) is 0 Å². The Balaban J connectivity index is 2.66. The monoisotopic (exact) mass is 396 g/mol. The zero-order valence-electron chi connectivity index (χ0n) is 12.5. The lowest BCUT2D eigenvalue weighted by atomic mass is 9.95. The molecule has 1 aromatic carbocycles. The lowest BCUT2D eigenvalue weighted by Crippen LogP contribution is -2.48. The summed E-state index contributed by atoms with van der Waals surface area (Å²) in [6.45, 7) is 3.80. The minimum atomic E-state index is -1.63. The van der Waals surface area contributed by atoms with E-state index in [1.807, 2.05) is 13.8 Å². The van der Waals surface area contributed by atoms with Crippen LogP contribution < -0.4 is 5.11 Å². The highest BCUT2D eigenvalue weighted by Crippen LogP contribution is 2.42. The minimum Gasteiger partial charge on any atom is -0.545 e. The Morgan fingerprint density at radius 1 is 0.913 bits per heavy atom. The Labute approximate surface area is 154 Å². The summed E-state index contributed by atoms with van der Waals surface area (Å²) in [5, 5.41) is 10.5. The highest BCUT2D eigenvalue weighted by atomic mass is 35.5. The lowest BCUT2D eigenvalue weighted by molar-refractivity contribution is -0.255. The zero-order valence-corrected chi connectivity index (χ0v) is 15.5. The molecule has 1 fully saturated rings. The van der Waals surface area contributed by atoms with Crippen LogP contribution in [0.3, 0.4) is 0 Å². The molecule has 4 nitrogen and oxygen atoms in total. The molecular formula is C15H14Cl4NO3-. The van der Waals surface area contributed by atoms with Crippen molar-refractivity contribution in [2.45, 2.75) is 45.2 Å². The third kappa shape index (κ3) is 3.27. The first-order chi connectivity index (χ1) is 10.7. The first-order valence-electron chi connectivity index (χ1n) is 7.08. The molecule has 2 rings (SSSR count). The zero-order chi connectivity index (χ0) is 17.5. The molecular weight excluding hydrogens is 384 g/mol. The summed E-state index contributed by atoms with van der Waals surface area (Å²) in [4.78, 5) is 26.1. The predicted octanol–water partition coefficient (Wildman–Crippen LogP) is 4.07. The maximum atomic E-state index is 13.0. The van der Waals surface area contributed by atoms with Gasteiger partial charge in [-0.15, -0.1) is 0 Å². The van der Waals surface area contributed by atoms with Gasteiger partial charge in [0, 0.05) is 17.6 Å². The van der Waals surface area contributed by atoms with E-state index in [0.29, 0.717) is 0 Å². The van der Waals surface area contributed by atoms with Crippen molar-refractivity contribution in [2.24, 2.45) is 0 Å². The number of nitrogens with zero attached hydrogens (tertiary/aromatic N) is 1. The van der Waals surface area contributed by atoms with E-state index in [1.165, 1.54) is 0 Å². The molecule has 0 saturated carbocycles. The molecule has 0 unspecified atom stereocenters. The highest BCUT2D eigenvalue weighted by Gasteiger charge is 2.34. The van der Waals surface area contributed by atoms with Gasteiger partial charge in [-0.1, -0.05) is 46.4 Å². The van der Waals surface area contributed by atoms with Crippen LogP contribution in [-0.4, -0.2) is 28.9 Å². The van der Waals surface area contributed by atoms with Crippen LogP contribution in [0.2, 0.25) is 20.1 Å². The van der Waals surface area contributed by atoms with Gasteiger partial charge in [-0.25, -0.2) is 0 Å². The summed E-state index contributed by atoms with van der Waals surface area (Å²) in [5.74, 6) is -2.16. The number of rotatable bonds is 2. The van der Waals surface area contributed by atoms with Crippen LogP contribution in [0.1, 0.15) is 53.8 Å². The van der Waals surface area contributed by atoms with Crippen molar-refractivity contribution in [1.82, 2.24) is 4.90 Å². The van der Waals surface area contributed by atoms with E-state index in [-0.39, 0.29) is 37.7 Å². The quantitative estimate of drug-likeness (QED) is 0.558. The number of halogens is 4. The molecule has 23 heavy (non-hydrogen) atoms. The average molecular weight is 398 g/mol. The molecule has 0 aromatic heterocycles. The van der Waals surface area contributed by atoms with E-state index in [9.17, 15) is 14.7 Å². The Hall–Kier alpha value is -0.680. The van der Waals surface area contributed by atoms with E-state index in [0.717, 1.165) is 19.3 Å². The van der Waals surface area contributed by atoms with Gasteiger partial charge in [0.2, 0.25) is 0 Å². The molecule has 8 heteroatoms. The van der Waals surface area contributed by atoms with Crippen LogP contribution in [0.15, 0.2) is 0 Å². The number of hydrogen-bond acceptors (Lipinski definition) is 3. The molecule has 1 aromatic rings.